The Morgan fingerprint density at radius 1 is 0.286 bits per heavy atom. The molecule has 0 bridgehead atoms. The van der Waals surface area contributed by atoms with E-state index in [0.717, 1.165) is 0 Å². The number of fused-ring (bicyclic) bond motifs is 5. The summed E-state index contributed by atoms with van der Waals surface area (Å²) >= 11 is 0. The first kappa shape index (κ1) is 28.2. The molecule has 0 nitrogen and oxygen atoms in total. The second-order valence-electron chi connectivity index (χ2n) is 12.8. The monoisotopic (exact) mass is 638 g/mol. The maximum absolute atomic E-state index is 2.43. The van der Waals surface area contributed by atoms with Crippen LogP contribution in [0, 0.1) is 0 Å². The summed E-state index contributed by atoms with van der Waals surface area (Å²) in [6.45, 7) is 0. The average molecular weight is 639 g/mol. The Balaban J connectivity index is 1.34. The highest BCUT2D eigenvalue weighted by Crippen LogP contribution is 2.58. The normalized spacial score (nSPS) is 11.9. The van der Waals surface area contributed by atoms with Gasteiger partial charge in [0.15, 0.2) is 0 Å². The lowest BCUT2D eigenvalue weighted by Gasteiger charge is -2.24. The van der Waals surface area contributed by atoms with E-state index in [0.29, 0.717) is 0 Å². The molecule has 0 heterocycles. The summed E-state index contributed by atoms with van der Waals surface area (Å²) in [6.07, 6.45) is 0. The summed E-state index contributed by atoms with van der Waals surface area (Å²) < 4.78 is 0. The molecule has 0 N–H and O–H groups in total. The molecule has 9 aromatic rings. The van der Waals surface area contributed by atoms with Gasteiger partial charge in [0, 0.05) is 0 Å². The van der Waals surface area contributed by atoms with Crippen molar-refractivity contribution < 1.29 is 0 Å². The van der Waals surface area contributed by atoms with Crippen molar-refractivity contribution >= 4 is 56.2 Å². The summed E-state index contributed by atoms with van der Waals surface area (Å²) in [6, 6.07) is 69.7. The van der Waals surface area contributed by atoms with E-state index in [1.165, 1.54) is 92.7 Å². The SMILES string of the molecule is c1ccc(-c2c3c(c(-c4ccc(P(c5ccccc5)c5ccccc5)c5ccccc45)c4ccccc24)-c2cccc4cccc-3c24)cc1. The minimum Gasteiger partial charge on any atom is -0.0622 e. The molecule has 0 fully saturated rings. The molecule has 10 rings (SSSR count). The van der Waals surface area contributed by atoms with Crippen molar-refractivity contribution in [3.63, 3.8) is 0 Å². The van der Waals surface area contributed by atoms with Crippen LogP contribution in [0.5, 0.6) is 0 Å². The average Bonchev–Trinajstić information content (AvgIpc) is 3.50. The van der Waals surface area contributed by atoms with Crippen LogP contribution >= 0.6 is 7.92 Å². The molecule has 0 unspecified atom stereocenters. The van der Waals surface area contributed by atoms with Gasteiger partial charge in [0.1, 0.15) is 0 Å². The third-order valence-electron chi connectivity index (χ3n) is 10.2. The van der Waals surface area contributed by atoms with E-state index in [2.05, 4.69) is 188 Å². The topological polar surface area (TPSA) is 0 Å². The van der Waals surface area contributed by atoms with E-state index >= 15 is 0 Å². The molecule has 49 heavy (non-hydrogen) atoms. The third kappa shape index (κ3) is 4.35. The van der Waals surface area contributed by atoms with Crippen molar-refractivity contribution in [2.75, 3.05) is 0 Å². The Labute approximate surface area is 287 Å². The van der Waals surface area contributed by atoms with Gasteiger partial charge < -0.3 is 0 Å². The fourth-order valence-corrected chi connectivity index (χ4v) is 10.7. The van der Waals surface area contributed by atoms with Gasteiger partial charge in [-0.3, -0.25) is 0 Å². The second kappa shape index (κ2) is 11.4. The molecule has 228 valence electrons. The smallest absolute Gasteiger partial charge is 0.000719 e. The van der Waals surface area contributed by atoms with Gasteiger partial charge in [0.2, 0.25) is 0 Å². The van der Waals surface area contributed by atoms with E-state index in [9.17, 15) is 0 Å². The lowest BCUT2D eigenvalue weighted by molar-refractivity contribution is 1.64. The standard InChI is InChI=1S/C48H31P/c1-4-16-33(17-5-1)45-38-26-12-13-27-39(38)46(48-42-29-15-19-32-18-14-28-41(44(32)42)47(45)48)40-30-31-43(37-25-11-10-24-36(37)40)49(34-20-6-2-7-21-34)35-22-8-3-9-23-35/h1-31H. The summed E-state index contributed by atoms with van der Waals surface area (Å²) in [4.78, 5) is 0. The van der Waals surface area contributed by atoms with Gasteiger partial charge in [0.25, 0.3) is 0 Å². The lowest BCUT2D eigenvalue weighted by atomic mass is 9.81. The number of benzene rings is 9. The van der Waals surface area contributed by atoms with Gasteiger partial charge in [0.05, 0.1) is 0 Å². The lowest BCUT2D eigenvalue weighted by Crippen LogP contribution is -2.21. The van der Waals surface area contributed by atoms with Crippen LogP contribution in [0.3, 0.4) is 0 Å². The molecule has 0 atom stereocenters. The number of hydrogen-bond acceptors (Lipinski definition) is 0. The quantitative estimate of drug-likeness (QED) is 0.165. The van der Waals surface area contributed by atoms with Gasteiger partial charge in [-0.05, 0) is 101 Å². The van der Waals surface area contributed by atoms with Crippen LogP contribution < -0.4 is 15.9 Å². The molecule has 0 radical (unpaired) electrons. The van der Waals surface area contributed by atoms with Crippen LogP contribution in [0.2, 0.25) is 0 Å². The Morgan fingerprint density at radius 2 is 0.776 bits per heavy atom. The molecule has 1 heteroatoms. The second-order valence-corrected chi connectivity index (χ2v) is 15.0. The maximum Gasteiger partial charge on any atom is -0.000719 e. The van der Waals surface area contributed by atoms with E-state index in [4.69, 9.17) is 0 Å². The van der Waals surface area contributed by atoms with Gasteiger partial charge in [-0.25, -0.2) is 0 Å². The van der Waals surface area contributed by atoms with Crippen molar-refractivity contribution in [1.82, 2.24) is 0 Å². The molecule has 0 amide bonds. The molecule has 0 saturated carbocycles. The summed E-state index contributed by atoms with van der Waals surface area (Å²) in [5, 5.41) is 11.9. The van der Waals surface area contributed by atoms with Crippen molar-refractivity contribution in [3.8, 4) is 44.5 Å². The Morgan fingerprint density at radius 3 is 1.39 bits per heavy atom. The highest BCUT2D eigenvalue weighted by Gasteiger charge is 2.31. The van der Waals surface area contributed by atoms with Crippen LogP contribution in [-0.2, 0) is 0 Å². The van der Waals surface area contributed by atoms with Gasteiger partial charge >= 0.3 is 0 Å². The first-order valence-electron chi connectivity index (χ1n) is 17.0. The van der Waals surface area contributed by atoms with Crippen LogP contribution in [0.15, 0.2) is 188 Å². The molecule has 1 aliphatic rings. The van der Waals surface area contributed by atoms with Crippen molar-refractivity contribution in [2.45, 2.75) is 0 Å². The van der Waals surface area contributed by atoms with Crippen LogP contribution in [0.4, 0.5) is 0 Å². The Bertz CT molecular complexity index is 2650. The zero-order valence-electron chi connectivity index (χ0n) is 26.8. The predicted molar refractivity (Wildman–Crippen MR) is 213 cm³/mol. The van der Waals surface area contributed by atoms with Crippen LogP contribution in [0.25, 0.3) is 76.8 Å². The number of rotatable bonds is 5. The number of hydrogen-bond donors (Lipinski definition) is 0. The molecule has 1 aliphatic carbocycles. The summed E-state index contributed by atoms with van der Waals surface area (Å²) in [7, 11) is -0.768. The highest BCUT2D eigenvalue weighted by molar-refractivity contribution is 7.80. The van der Waals surface area contributed by atoms with Gasteiger partial charge in [-0.15, -0.1) is 0 Å². The molecular weight excluding hydrogens is 608 g/mol. The first-order valence-corrected chi connectivity index (χ1v) is 18.3. The third-order valence-corrected chi connectivity index (χ3v) is 12.7. The van der Waals surface area contributed by atoms with E-state index in [1.54, 1.807) is 0 Å². The molecule has 0 aromatic heterocycles. The maximum atomic E-state index is 2.43. The van der Waals surface area contributed by atoms with Crippen molar-refractivity contribution in [1.29, 1.82) is 0 Å². The zero-order chi connectivity index (χ0) is 32.3. The first-order chi connectivity index (χ1) is 24.4. The van der Waals surface area contributed by atoms with Crippen LogP contribution in [-0.4, -0.2) is 0 Å². The van der Waals surface area contributed by atoms with Gasteiger partial charge in [-0.2, -0.15) is 0 Å². The molecule has 9 aromatic carbocycles. The minimum absolute atomic E-state index is 0.768. The minimum atomic E-state index is -0.768. The molecular formula is C48H31P. The Hall–Kier alpha value is -5.81. The fraction of sp³-hybridized carbons (Fsp3) is 0. The highest BCUT2D eigenvalue weighted by atomic mass is 31.1. The molecule has 0 aliphatic heterocycles. The summed E-state index contributed by atoms with van der Waals surface area (Å²) in [5.74, 6) is 0. The van der Waals surface area contributed by atoms with Crippen molar-refractivity contribution in [3.05, 3.63) is 188 Å². The van der Waals surface area contributed by atoms with Crippen LogP contribution in [0.1, 0.15) is 0 Å². The van der Waals surface area contributed by atoms with E-state index < -0.39 is 7.92 Å². The van der Waals surface area contributed by atoms with Gasteiger partial charge in [-0.1, -0.05) is 188 Å². The fourth-order valence-electron chi connectivity index (χ4n) is 8.20. The molecule has 0 saturated heterocycles. The predicted octanol–water partition coefficient (Wildman–Crippen LogP) is 11.9. The van der Waals surface area contributed by atoms with E-state index in [-0.39, 0.29) is 0 Å². The zero-order valence-corrected chi connectivity index (χ0v) is 27.7. The Kier molecular flexibility index (Phi) is 6.57. The largest absolute Gasteiger partial charge is 0.0622 e. The van der Waals surface area contributed by atoms with Crippen molar-refractivity contribution in [2.24, 2.45) is 0 Å². The summed E-state index contributed by atoms with van der Waals surface area (Å²) in [5.41, 5.74) is 10.5. The molecule has 0 spiro atoms. The van der Waals surface area contributed by atoms with E-state index in [1.807, 2.05) is 0 Å².